The second kappa shape index (κ2) is 6.23. The Labute approximate surface area is 120 Å². The van der Waals surface area contributed by atoms with Crippen LogP contribution in [0.5, 0.6) is 11.5 Å². The molecule has 0 saturated heterocycles. The first kappa shape index (κ1) is 13.4. The van der Waals surface area contributed by atoms with Crippen molar-refractivity contribution in [1.82, 2.24) is 5.32 Å². The third kappa shape index (κ3) is 3.25. The van der Waals surface area contributed by atoms with Crippen LogP contribution in [0.1, 0.15) is 5.56 Å². The molecule has 2 rings (SSSR count). The Morgan fingerprint density at radius 2 is 1.94 bits per heavy atom. The zero-order valence-corrected chi connectivity index (χ0v) is 12.3. The molecule has 0 aliphatic heterocycles. The average Bonchev–Trinajstić information content (AvgIpc) is 2.35. The van der Waals surface area contributed by atoms with Gasteiger partial charge in [-0.05, 0) is 37.4 Å². The molecule has 0 aliphatic carbocycles. The maximum Gasteiger partial charge on any atom is 0.146 e. The molecule has 0 fully saturated rings. The van der Waals surface area contributed by atoms with Crippen LogP contribution in [0.25, 0.3) is 0 Å². The molecule has 0 unspecified atom stereocenters. The van der Waals surface area contributed by atoms with Crippen molar-refractivity contribution in [2.24, 2.45) is 0 Å². The molecule has 0 heterocycles. The molecule has 0 spiro atoms. The maximum absolute atomic E-state index is 6.08. The second-order valence-electron chi connectivity index (χ2n) is 3.81. The van der Waals surface area contributed by atoms with Crippen LogP contribution in [0.4, 0.5) is 0 Å². The van der Waals surface area contributed by atoms with Gasteiger partial charge in [-0.25, -0.2) is 0 Å². The minimum Gasteiger partial charge on any atom is -0.455 e. The first-order valence-corrected chi connectivity index (χ1v) is 6.73. The highest BCUT2D eigenvalue weighted by molar-refractivity contribution is 9.10. The Morgan fingerprint density at radius 1 is 1.17 bits per heavy atom. The smallest absolute Gasteiger partial charge is 0.146 e. The molecule has 0 saturated carbocycles. The summed E-state index contributed by atoms with van der Waals surface area (Å²) in [5, 5.41) is 3.73. The molecule has 0 atom stereocenters. The van der Waals surface area contributed by atoms with E-state index in [1.807, 2.05) is 49.5 Å². The maximum atomic E-state index is 6.08. The van der Waals surface area contributed by atoms with E-state index in [4.69, 9.17) is 16.3 Å². The minimum atomic E-state index is 0.607. The summed E-state index contributed by atoms with van der Waals surface area (Å²) in [5.74, 6) is 1.47. The fourth-order valence-electron chi connectivity index (χ4n) is 1.62. The number of nitrogens with one attached hydrogen (secondary N) is 1. The number of hydrogen-bond donors (Lipinski definition) is 1. The van der Waals surface area contributed by atoms with Gasteiger partial charge in [0.1, 0.15) is 11.5 Å². The van der Waals surface area contributed by atoms with Gasteiger partial charge in [0, 0.05) is 16.6 Å². The van der Waals surface area contributed by atoms with Crippen LogP contribution < -0.4 is 10.1 Å². The van der Waals surface area contributed by atoms with E-state index >= 15 is 0 Å². The van der Waals surface area contributed by atoms with E-state index < -0.39 is 0 Å². The number of halogens is 2. The zero-order chi connectivity index (χ0) is 13.0. The lowest BCUT2D eigenvalue weighted by Crippen LogP contribution is -2.06. The molecular formula is C14H13BrClNO. The molecular weight excluding hydrogens is 314 g/mol. The first-order valence-electron chi connectivity index (χ1n) is 5.56. The second-order valence-corrected chi connectivity index (χ2v) is 5.14. The molecule has 2 aromatic carbocycles. The van der Waals surface area contributed by atoms with Gasteiger partial charge in [-0.1, -0.05) is 39.7 Å². The predicted octanol–water partition coefficient (Wildman–Crippen LogP) is 4.61. The Kier molecular flexibility index (Phi) is 4.64. The topological polar surface area (TPSA) is 21.3 Å². The van der Waals surface area contributed by atoms with E-state index in [-0.39, 0.29) is 0 Å². The van der Waals surface area contributed by atoms with E-state index in [0.717, 1.165) is 22.3 Å². The third-order valence-corrected chi connectivity index (χ3v) is 3.25. The number of benzene rings is 2. The van der Waals surface area contributed by atoms with Gasteiger partial charge in [0.15, 0.2) is 0 Å². The van der Waals surface area contributed by atoms with Crippen LogP contribution in [0.15, 0.2) is 46.9 Å². The Bertz CT molecular complexity index is 545. The average molecular weight is 327 g/mol. The van der Waals surface area contributed by atoms with Gasteiger partial charge in [-0.2, -0.15) is 0 Å². The number of hydrogen-bond acceptors (Lipinski definition) is 2. The summed E-state index contributed by atoms with van der Waals surface area (Å²) in [6, 6.07) is 13.4. The van der Waals surface area contributed by atoms with Crippen LogP contribution in [0.3, 0.4) is 0 Å². The summed E-state index contributed by atoms with van der Waals surface area (Å²) in [4.78, 5) is 0. The summed E-state index contributed by atoms with van der Waals surface area (Å²) in [6.07, 6.45) is 0. The molecule has 2 nitrogen and oxygen atoms in total. The van der Waals surface area contributed by atoms with Crippen molar-refractivity contribution in [2.75, 3.05) is 7.05 Å². The van der Waals surface area contributed by atoms with E-state index in [1.165, 1.54) is 0 Å². The van der Waals surface area contributed by atoms with E-state index in [1.54, 1.807) is 0 Å². The SMILES string of the molecule is CNCc1cc(Br)ccc1Oc1ccccc1Cl. The van der Waals surface area contributed by atoms with Crippen molar-refractivity contribution in [3.8, 4) is 11.5 Å². The van der Waals surface area contributed by atoms with Gasteiger partial charge >= 0.3 is 0 Å². The summed E-state index contributed by atoms with van der Waals surface area (Å²) in [5.41, 5.74) is 1.08. The molecule has 1 N–H and O–H groups in total. The van der Waals surface area contributed by atoms with Gasteiger partial charge in [0.25, 0.3) is 0 Å². The predicted molar refractivity (Wildman–Crippen MR) is 78.4 cm³/mol. The van der Waals surface area contributed by atoms with Crippen molar-refractivity contribution in [3.63, 3.8) is 0 Å². The zero-order valence-electron chi connectivity index (χ0n) is 9.91. The fraction of sp³-hybridized carbons (Fsp3) is 0.143. The molecule has 0 bridgehead atoms. The quantitative estimate of drug-likeness (QED) is 0.885. The van der Waals surface area contributed by atoms with Gasteiger partial charge in [0.05, 0.1) is 5.02 Å². The molecule has 18 heavy (non-hydrogen) atoms. The summed E-state index contributed by atoms with van der Waals surface area (Å²) >= 11 is 9.54. The lowest BCUT2D eigenvalue weighted by atomic mass is 10.2. The highest BCUT2D eigenvalue weighted by Gasteiger charge is 2.07. The molecule has 2 aromatic rings. The monoisotopic (exact) mass is 325 g/mol. The van der Waals surface area contributed by atoms with Gasteiger partial charge in [-0.3, -0.25) is 0 Å². The Morgan fingerprint density at radius 3 is 2.67 bits per heavy atom. The summed E-state index contributed by atoms with van der Waals surface area (Å²) in [7, 11) is 1.90. The van der Waals surface area contributed by atoms with Crippen molar-refractivity contribution < 1.29 is 4.74 Å². The van der Waals surface area contributed by atoms with Crippen molar-refractivity contribution in [2.45, 2.75) is 6.54 Å². The normalized spacial score (nSPS) is 10.4. The van der Waals surface area contributed by atoms with Crippen LogP contribution in [-0.2, 0) is 6.54 Å². The molecule has 0 amide bonds. The van der Waals surface area contributed by atoms with Crippen molar-refractivity contribution in [1.29, 1.82) is 0 Å². The lowest BCUT2D eigenvalue weighted by Gasteiger charge is -2.12. The van der Waals surface area contributed by atoms with Crippen LogP contribution in [0.2, 0.25) is 5.02 Å². The van der Waals surface area contributed by atoms with Crippen LogP contribution in [0, 0.1) is 0 Å². The Hall–Kier alpha value is -1.03. The number of para-hydroxylation sites is 1. The standard InChI is InChI=1S/C14H13BrClNO/c1-17-9-10-8-11(15)6-7-13(10)18-14-5-3-2-4-12(14)16/h2-8,17H,9H2,1H3. The highest BCUT2D eigenvalue weighted by Crippen LogP contribution is 2.32. The van der Waals surface area contributed by atoms with Crippen LogP contribution in [-0.4, -0.2) is 7.05 Å². The Balaban J connectivity index is 2.31. The largest absolute Gasteiger partial charge is 0.455 e. The molecule has 94 valence electrons. The minimum absolute atomic E-state index is 0.607. The molecule has 0 aromatic heterocycles. The van der Waals surface area contributed by atoms with E-state index in [0.29, 0.717) is 10.8 Å². The summed E-state index contributed by atoms with van der Waals surface area (Å²) < 4.78 is 6.88. The lowest BCUT2D eigenvalue weighted by molar-refractivity contribution is 0.474. The van der Waals surface area contributed by atoms with Crippen molar-refractivity contribution in [3.05, 3.63) is 57.5 Å². The van der Waals surface area contributed by atoms with Gasteiger partial charge in [0.2, 0.25) is 0 Å². The van der Waals surface area contributed by atoms with Crippen molar-refractivity contribution >= 4 is 27.5 Å². The number of ether oxygens (including phenoxy) is 1. The fourth-order valence-corrected chi connectivity index (χ4v) is 2.20. The number of rotatable bonds is 4. The van der Waals surface area contributed by atoms with E-state index in [2.05, 4.69) is 21.2 Å². The van der Waals surface area contributed by atoms with Crippen LogP contribution >= 0.6 is 27.5 Å². The van der Waals surface area contributed by atoms with Gasteiger partial charge in [-0.15, -0.1) is 0 Å². The summed E-state index contributed by atoms with van der Waals surface area (Å²) in [6.45, 7) is 0.735. The molecule has 0 radical (unpaired) electrons. The van der Waals surface area contributed by atoms with Gasteiger partial charge < -0.3 is 10.1 Å². The molecule has 0 aliphatic rings. The first-order chi connectivity index (χ1) is 8.70. The third-order valence-electron chi connectivity index (χ3n) is 2.45. The highest BCUT2D eigenvalue weighted by atomic mass is 79.9. The molecule has 4 heteroatoms. The van der Waals surface area contributed by atoms with E-state index in [9.17, 15) is 0 Å².